The summed E-state index contributed by atoms with van der Waals surface area (Å²) in [7, 11) is 0. The van der Waals surface area contributed by atoms with Crippen molar-refractivity contribution in [1.29, 1.82) is 5.26 Å². The zero-order valence-electron chi connectivity index (χ0n) is 16.4. The Morgan fingerprint density at radius 3 is 2.45 bits per heavy atom. The van der Waals surface area contributed by atoms with Gasteiger partial charge in [-0.3, -0.25) is 4.79 Å². The molecule has 14 heteroatoms. The molecule has 0 radical (unpaired) electrons. The lowest BCUT2D eigenvalue weighted by atomic mass is 10.1. The summed E-state index contributed by atoms with van der Waals surface area (Å²) in [5.41, 5.74) is -6.54. The van der Waals surface area contributed by atoms with E-state index >= 15 is 0 Å². The molecule has 3 aromatic rings. The topological polar surface area (TPSA) is 96.5 Å². The lowest BCUT2D eigenvalue weighted by Gasteiger charge is -2.16. The molecule has 2 heterocycles. The van der Waals surface area contributed by atoms with Gasteiger partial charge in [-0.2, -0.15) is 41.4 Å². The third kappa shape index (κ3) is 6.01. The number of hydrogen-bond acceptors (Lipinski definition) is 6. The van der Waals surface area contributed by atoms with Gasteiger partial charge in [0, 0.05) is 16.7 Å². The zero-order chi connectivity index (χ0) is 24.4. The van der Waals surface area contributed by atoms with Crippen molar-refractivity contribution in [3.63, 3.8) is 0 Å². The summed E-state index contributed by atoms with van der Waals surface area (Å²) in [6.07, 6.45) is -2.52. The van der Waals surface area contributed by atoms with Crippen LogP contribution in [0.2, 0.25) is 0 Å². The van der Waals surface area contributed by atoms with E-state index in [9.17, 15) is 31.1 Å². The predicted molar refractivity (Wildman–Crippen MR) is 103 cm³/mol. The van der Waals surface area contributed by atoms with E-state index in [1.807, 2.05) is 6.07 Å². The average Bonchev–Trinajstić information content (AvgIpc) is 3.21. The molecular weight excluding hydrogens is 474 g/mol. The van der Waals surface area contributed by atoms with E-state index in [0.717, 1.165) is 12.4 Å². The molecule has 0 aliphatic rings. The number of nitriles is 1. The van der Waals surface area contributed by atoms with Gasteiger partial charge in [-0.1, -0.05) is 0 Å². The number of rotatable bonds is 5. The number of alkyl halides is 6. The summed E-state index contributed by atoms with van der Waals surface area (Å²) in [5.74, 6) is -0.636. The Kier molecular flexibility index (Phi) is 6.63. The van der Waals surface area contributed by atoms with Gasteiger partial charge in [0.2, 0.25) is 0 Å². The fourth-order valence-corrected chi connectivity index (χ4v) is 3.37. The molecule has 7 nitrogen and oxygen atoms in total. The van der Waals surface area contributed by atoms with Crippen LogP contribution in [-0.2, 0) is 6.18 Å². The number of benzene rings is 1. The van der Waals surface area contributed by atoms with Crippen molar-refractivity contribution in [3.8, 4) is 11.9 Å². The van der Waals surface area contributed by atoms with Crippen molar-refractivity contribution in [2.24, 2.45) is 0 Å². The first-order chi connectivity index (χ1) is 15.4. The second-order valence-electron chi connectivity index (χ2n) is 6.53. The van der Waals surface area contributed by atoms with Crippen LogP contribution in [0.4, 0.5) is 26.3 Å². The van der Waals surface area contributed by atoms with Gasteiger partial charge < -0.3 is 5.32 Å². The molecule has 0 fully saturated rings. The second-order valence-corrected chi connectivity index (χ2v) is 7.67. The fraction of sp³-hybridized carbons (Fsp3) is 0.211. The first-order valence-electron chi connectivity index (χ1n) is 8.93. The molecule has 1 unspecified atom stereocenters. The summed E-state index contributed by atoms with van der Waals surface area (Å²) >= 11 is -0.756. The highest BCUT2D eigenvalue weighted by Crippen LogP contribution is 2.40. The highest BCUT2D eigenvalue weighted by Gasteiger charge is 2.35. The molecule has 2 aromatic heterocycles. The van der Waals surface area contributed by atoms with Crippen LogP contribution in [-0.4, -0.2) is 31.2 Å². The van der Waals surface area contributed by atoms with E-state index in [1.54, 1.807) is 0 Å². The Labute approximate surface area is 186 Å². The van der Waals surface area contributed by atoms with Crippen LogP contribution in [0.3, 0.4) is 0 Å². The minimum Gasteiger partial charge on any atom is -0.342 e. The summed E-state index contributed by atoms with van der Waals surface area (Å²) in [6.45, 7) is 1.46. The first-order valence-corrected chi connectivity index (χ1v) is 9.74. The molecule has 1 atom stereocenters. The highest BCUT2D eigenvalue weighted by atomic mass is 32.2. The molecule has 0 aliphatic heterocycles. The maximum Gasteiger partial charge on any atom is 0.446 e. The number of halogens is 6. The number of aromatic nitrogens is 4. The maximum atomic E-state index is 13.2. The number of nitrogens with one attached hydrogen (secondary N) is 1. The van der Waals surface area contributed by atoms with Gasteiger partial charge in [0.05, 0.1) is 17.2 Å². The third-order valence-electron chi connectivity index (χ3n) is 4.13. The monoisotopic (exact) mass is 486 g/mol. The molecule has 1 N–H and O–H groups in total. The number of thioether (sulfide) groups is 1. The third-order valence-corrected chi connectivity index (χ3v) is 4.84. The number of pyridine rings is 1. The minimum atomic E-state index is -4.95. The van der Waals surface area contributed by atoms with Crippen molar-refractivity contribution >= 4 is 17.7 Å². The Balaban J connectivity index is 1.88. The molecule has 172 valence electrons. The number of hydrogen-bond donors (Lipinski definition) is 1. The van der Waals surface area contributed by atoms with E-state index < -0.39 is 51.4 Å². The number of carbonyl (C=O) groups is 1. The lowest BCUT2D eigenvalue weighted by molar-refractivity contribution is -0.137. The first kappa shape index (κ1) is 24.1. The fourth-order valence-electron chi connectivity index (χ4n) is 2.73. The van der Waals surface area contributed by atoms with E-state index in [-0.39, 0.29) is 11.6 Å². The Morgan fingerprint density at radius 1 is 1.15 bits per heavy atom. The summed E-state index contributed by atoms with van der Waals surface area (Å²) in [5, 5.41) is 15.2. The molecule has 0 aliphatic carbocycles. The summed E-state index contributed by atoms with van der Waals surface area (Å²) < 4.78 is 78.8. The quantitative estimate of drug-likeness (QED) is 0.417. The standard InChI is InChI=1S/C19H12F6N6OS/c1-10(16-28-9-29-31(16)15-3-2-11(7-26)8-27-15)30-17(32)12-4-13(18(20,21)22)6-14(5-12)33-19(23,24)25/h2-6,8-10H,1H3,(H,30,32). The summed E-state index contributed by atoms with van der Waals surface area (Å²) in [6, 6.07) is 5.45. The van der Waals surface area contributed by atoms with Gasteiger partial charge in [0.25, 0.3) is 5.91 Å². The van der Waals surface area contributed by atoms with Crippen molar-refractivity contribution in [3.05, 3.63) is 65.4 Å². The van der Waals surface area contributed by atoms with Crippen LogP contribution in [0.5, 0.6) is 0 Å². The molecule has 0 saturated carbocycles. The van der Waals surface area contributed by atoms with Crippen molar-refractivity contribution in [2.75, 3.05) is 0 Å². The van der Waals surface area contributed by atoms with Crippen LogP contribution in [0.15, 0.2) is 47.8 Å². The number of carbonyl (C=O) groups excluding carboxylic acids is 1. The Hall–Kier alpha value is -3.60. The number of amides is 1. The van der Waals surface area contributed by atoms with Crippen molar-refractivity contribution < 1.29 is 31.1 Å². The van der Waals surface area contributed by atoms with Gasteiger partial charge in [-0.15, -0.1) is 0 Å². The Bertz CT molecular complexity index is 1200. The van der Waals surface area contributed by atoms with Crippen LogP contribution >= 0.6 is 11.8 Å². The molecule has 3 rings (SSSR count). The van der Waals surface area contributed by atoms with Crippen LogP contribution < -0.4 is 5.32 Å². The smallest absolute Gasteiger partial charge is 0.342 e. The SMILES string of the molecule is CC(NC(=O)c1cc(SC(F)(F)F)cc(C(F)(F)F)c1)c1ncnn1-c1ccc(C#N)cn1. The summed E-state index contributed by atoms with van der Waals surface area (Å²) in [4.78, 5) is 19.9. The number of nitrogens with zero attached hydrogens (tertiary/aromatic N) is 5. The van der Waals surface area contributed by atoms with Gasteiger partial charge in [-0.05, 0) is 49.0 Å². The van der Waals surface area contributed by atoms with Gasteiger partial charge >= 0.3 is 11.7 Å². The van der Waals surface area contributed by atoms with E-state index in [4.69, 9.17) is 5.26 Å². The molecule has 1 amide bonds. The van der Waals surface area contributed by atoms with Gasteiger partial charge in [-0.25, -0.2) is 9.97 Å². The van der Waals surface area contributed by atoms with Gasteiger partial charge in [0.1, 0.15) is 12.4 Å². The molecule has 1 aromatic carbocycles. The molecule has 0 spiro atoms. The van der Waals surface area contributed by atoms with Gasteiger partial charge in [0.15, 0.2) is 11.6 Å². The molecule has 33 heavy (non-hydrogen) atoms. The van der Waals surface area contributed by atoms with E-state index in [0.29, 0.717) is 17.7 Å². The zero-order valence-corrected chi connectivity index (χ0v) is 17.3. The predicted octanol–water partition coefficient (Wildman–Crippen LogP) is 4.66. The van der Waals surface area contributed by atoms with Crippen LogP contribution in [0.1, 0.15) is 40.3 Å². The van der Waals surface area contributed by atoms with Crippen molar-refractivity contribution in [2.45, 2.75) is 29.5 Å². The molecular formula is C19H12F6N6OS. The second kappa shape index (κ2) is 9.10. The van der Waals surface area contributed by atoms with Crippen LogP contribution in [0, 0.1) is 11.3 Å². The molecule has 0 saturated heterocycles. The average molecular weight is 486 g/mol. The van der Waals surface area contributed by atoms with Crippen molar-refractivity contribution in [1.82, 2.24) is 25.1 Å². The minimum absolute atomic E-state index is 0.150. The highest BCUT2D eigenvalue weighted by molar-refractivity contribution is 8.00. The maximum absolute atomic E-state index is 13.2. The lowest BCUT2D eigenvalue weighted by Crippen LogP contribution is -2.29. The molecule has 0 bridgehead atoms. The van der Waals surface area contributed by atoms with E-state index in [1.165, 1.54) is 29.9 Å². The Morgan fingerprint density at radius 2 is 1.88 bits per heavy atom. The van der Waals surface area contributed by atoms with E-state index in [2.05, 4.69) is 20.4 Å². The van der Waals surface area contributed by atoms with Crippen LogP contribution in [0.25, 0.3) is 5.82 Å². The normalized spacial score (nSPS) is 12.8. The largest absolute Gasteiger partial charge is 0.446 e.